The molecule has 0 saturated heterocycles. The first-order valence-electron chi connectivity index (χ1n) is 3.88. The Kier molecular flexibility index (Phi) is 4.06. The number of rotatable bonds is 3. The van der Waals surface area contributed by atoms with E-state index in [1.165, 1.54) is 7.11 Å². The van der Waals surface area contributed by atoms with Gasteiger partial charge in [-0.25, -0.2) is 10.7 Å². The van der Waals surface area contributed by atoms with Gasteiger partial charge < -0.3 is 4.74 Å². The third-order valence-corrected chi connectivity index (χ3v) is 2.46. The highest BCUT2D eigenvalue weighted by molar-refractivity contribution is 9.10. The molecule has 1 rings (SSSR count). The maximum Gasteiger partial charge on any atom is 0.341 e. The Morgan fingerprint density at radius 3 is 2.64 bits per heavy atom. The van der Waals surface area contributed by atoms with Gasteiger partial charge in [-0.3, -0.25) is 4.84 Å². The minimum atomic E-state index is -0.893. The van der Waals surface area contributed by atoms with E-state index in [0.717, 1.165) is 4.47 Å². The summed E-state index contributed by atoms with van der Waals surface area (Å²) in [4.78, 5) is 15.8. The Morgan fingerprint density at radius 2 is 2.14 bits per heavy atom. The molecule has 0 aliphatic rings. The summed E-state index contributed by atoms with van der Waals surface area (Å²) in [6.07, 6.45) is -0.893. The summed E-state index contributed by atoms with van der Waals surface area (Å²) in [6, 6.07) is 7.15. The molecule has 4 nitrogen and oxygen atoms in total. The molecule has 0 saturated carbocycles. The standard InChI is InChI=1S/C9H10BrNO3/c1-13-9(12)8(14-11)6-4-2-3-5-7(6)10/h2-5,8H,11H2,1H3. The van der Waals surface area contributed by atoms with Crippen LogP contribution in [0.5, 0.6) is 0 Å². The summed E-state index contributed by atoms with van der Waals surface area (Å²) in [6.45, 7) is 0. The van der Waals surface area contributed by atoms with Crippen molar-refractivity contribution in [2.75, 3.05) is 7.11 Å². The fraction of sp³-hybridized carbons (Fsp3) is 0.222. The van der Waals surface area contributed by atoms with Gasteiger partial charge in [-0.05, 0) is 6.07 Å². The Bertz CT molecular complexity index is 330. The molecule has 1 unspecified atom stereocenters. The van der Waals surface area contributed by atoms with E-state index < -0.39 is 12.1 Å². The number of hydrogen-bond donors (Lipinski definition) is 1. The van der Waals surface area contributed by atoms with Gasteiger partial charge >= 0.3 is 5.97 Å². The van der Waals surface area contributed by atoms with Crippen molar-refractivity contribution in [3.63, 3.8) is 0 Å². The molecule has 0 heterocycles. The second-order valence-electron chi connectivity index (χ2n) is 2.56. The molecule has 1 atom stereocenters. The van der Waals surface area contributed by atoms with Gasteiger partial charge in [0.15, 0.2) is 0 Å². The lowest BCUT2D eigenvalue weighted by atomic mass is 10.1. The van der Waals surface area contributed by atoms with Crippen molar-refractivity contribution < 1.29 is 14.4 Å². The molecular formula is C9H10BrNO3. The number of methoxy groups -OCH3 is 1. The minimum absolute atomic E-state index is 0.528. The fourth-order valence-electron chi connectivity index (χ4n) is 1.05. The largest absolute Gasteiger partial charge is 0.467 e. The van der Waals surface area contributed by atoms with Gasteiger partial charge in [-0.2, -0.15) is 0 Å². The summed E-state index contributed by atoms with van der Waals surface area (Å²) in [7, 11) is 1.28. The lowest BCUT2D eigenvalue weighted by Gasteiger charge is -2.13. The van der Waals surface area contributed by atoms with Gasteiger partial charge in [-0.15, -0.1) is 0 Å². The highest BCUT2D eigenvalue weighted by Gasteiger charge is 2.23. The highest BCUT2D eigenvalue weighted by atomic mass is 79.9. The quantitative estimate of drug-likeness (QED) is 0.661. The van der Waals surface area contributed by atoms with E-state index >= 15 is 0 Å². The molecule has 76 valence electrons. The van der Waals surface area contributed by atoms with Crippen LogP contribution in [0.15, 0.2) is 28.7 Å². The summed E-state index contributed by atoms with van der Waals surface area (Å²) in [5.74, 6) is 4.50. The molecule has 0 bridgehead atoms. The van der Waals surface area contributed by atoms with Crippen molar-refractivity contribution in [1.29, 1.82) is 0 Å². The van der Waals surface area contributed by atoms with Crippen molar-refractivity contribution >= 4 is 21.9 Å². The predicted molar refractivity (Wildman–Crippen MR) is 54.2 cm³/mol. The topological polar surface area (TPSA) is 61.5 Å². The molecule has 14 heavy (non-hydrogen) atoms. The zero-order valence-corrected chi connectivity index (χ0v) is 9.15. The number of nitrogens with two attached hydrogens (primary N) is 1. The summed E-state index contributed by atoms with van der Waals surface area (Å²) < 4.78 is 5.30. The predicted octanol–water partition coefficient (Wildman–Crippen LogP) is 1.55. The van der Waals surface area contributed by atoms with Gasteiger partial charge in [-0.1, -0.05) is 34.1 Å². The number of halogens is 1. The van der Waals surface area contributed by atoms with Crippen LogP contribution < -0.4 is 5.90 Å². The first kappa shape index (κ1) is 11.2. The molecule has 2 N–H and O–H groups in total. The van der Waals surface area contributed by atoms with Crippen LogP contribution in [0.3, 0.4) is 0 Å². The van der Waals surface area contributed by atoms with E-state index in [9.17, 15) is 4.79 Å². The summed E-state index contributed by atoms with van der Waals surface area (Å²) in [5.41, 5.74) is 0.641. The van der Waals surface area contributed by atoms with Crippen molar-refractivity contribution in [2.45, 2.75) is 6.10 Å². The first-order valence-corrected chi connectivity index (χ1v) is 4.67. The molecule has 0 aliphatic heterocycles. The van der Waals surface area contributed by atoms with Gasteiger partial charge in [0.1, 0.15) is 0 Å². The van der Waals surface area contributed by atoms with Crippen LogP contribution in [0.2, 0.25) is 0 Å². The Hall–Kier alpha value is -0.910. The molecule has 0 radical (unpaired) electrons. The molecule has 1 aromatic carbocycles. The SMILES string of the molecule is COC(=O)C(ON)c1ccccc1Br. The molecule has 0 amide bonds. The lowest BCUT2D eigenvalue weighted by Crippen LogP contribution is -2.20. The van der Waals surface area contributed by atoms with Crippen molar-refractivity contribution in [3.8, 4) is 0 Å². The summed E-state index contributed by atoms with van der Waals surface area (Å²) in [5, 5.41) is 0. The van der Waals surface area contributed by atoms with Crippen molar-refractivity contribution in [2.24, 2.45) is 5.90 Å². The highest BCUT2D eigenvalue weighted by Crippen LogP contribution is 2.25. The number of hydrogen-bond acceptors (Lipinski definition) is 4. The molecular weight excluding hydrogens is 250 g/mol. The zero-order valence-electron chi connectivity index (χ0n) is 7.57. The van der Waals surface area contributed by atoms with E-state index in [2.05, 4.69) is 25.5 Å². The number of ether oxygens (including phenoxy) is 1. The Morgan fingerprint density at radius 1 is 1.50 bits per heavy atom. The van der Waals surface area contributed by atoms with E-state index in [1.54, 1.807) is 18.2 Å². The van der Waals surface area contributed by atoms with E-state index in [1.807, 2.05) is 6.07 Å². The third-order valence-electron chi connectivity index (χ3n) is 1.74. The lowest BCUT2D eigenvalue weighted by molar-refractivity contribution is -0.155. The van der Waals surface area contributed by atoms with Crippen molar-refractivity contribution in [1.82, 2.24) is 0 Å². The second kappa shape index (κ2) is 5.09. The van der Waals surface area contributed by atoms with Crippen LogP contribution in [-0.4, -0.2) is 13.1 Å². The average molecular weight is 260 g/mol. The van der Waals surface area contributed by atoms with Crippen LogP contribution in [0.1, 0.15) is 11.7 Å². The summed E-state index contributed by atoms with van der Waals surface area (Å²) >= 11 is 3.29. The molecule has 0 aliphatic carbocycles. The first-order chi connectivity index (χ1) is 6.70. The minimum Gasteiger partial charge on any atom is -0.467 e. The van der Waals surface area contributed by atoms with Gasteiger partial charge in [0.25, 0.3) is 0 Å². The van der Waals surface area contributed by atoms with Gasteiger partial charge in [0, 0.05) is 10.0 Å². The smallest absolute Gasteiger partial charge is 0.341 e. The maximum absolute atomic E-state index is 11.2. The van der Waals surface area contributed by atoms with Crippen LogP contribution in [-0.2, 0) is 14.4 Å². The van der Waals surface area contributed by atoms with Crippen LogP contribution in [0.4, 0.5) is 0 Å². The van der Waals surface area contributed by atoms with Crippen LogP contribution in [0, 0.1) is 0 Å². The number of carbonyl (C=O) groups is 1. The average Bonchev–Trinajstić information content (AvgIpc) is 2.21. The Balaban J connectivity index is 3.01. The van der Waals surface area contributed by atoms with E-state index in [4.69, 9.17) is 5.90 Å². The van der Waals surface area contributed by atoms with E-state index in [-0.39, 0.29) is 0 Å². The number of carbonyl (C=O) groups excluding carboxylic acids is 1. The Labute approximate surface area is 90.1 Å². The zero-order chi connectivity index (χ0) is 10.6. The third kappa shape index (κ3) is 2.31. The molecule has 0 fully saturated rings. The monoisotopic (exact) mass is 259 g/mol. The molecule has 1 aromatic rings. The molecule has 0 spiro atoms. The fourth-order valence-corrected chi connectivity index (χ4v) is 1.54. The number of benzene rings is 1. The normalized spacial score (nSPS) is 12.2. The molecule has 5 heteroatoms. The van der Waals surface area contributed by atoms with Crippen LogP contribution >= 0.6 is 15.9 Å². The maximum atomic E-state index is 11.2. The van der Waals surface area contributed by atoms with E-state index in [0.29, 0.717) is 5.56 Å². The van der Waals surface area contributed by atoms with Gasteiger partial charge in [0.05, 0.1) is 7.11 Å². The second-order valence-corrected chi connectivity index (χ2v) is 3.42. The number of esters is 1. The molecule has 0 aromatic heterocycles. The van der Waals surface area contributed by atoms with Gasteiger partial charge in [0.2, 0.25) is 6.10 Å². The van der Waals surface area contributed by atoms with Crippen LogP contribution in [0.25, 0.3) is 0 Å². The van der Waals surface area contributed by atoms with Crippen molar-refractivity contribution in [3.05, 3.63) is 34.3 Å².